The van der Waals surface area contributed by atoms with Crippen LogP contribution in [0.25, 0.3) is 11.0 Å². The number of benzene rings is 2. The first kappa shape index (κ1) is 19.7. The number of fused-ring (bicyclic) bond motifs is 1. The molecule has 0 unspecified atom stereocenters. The second-order valence-electron chi connectivity index (χ2n) is 6.93. The number of ketones is 1. The van der Waals surface area contributed by atoms with Crippen molar-refractivity contribution in [1.29, 1.82) is 0 Å². The maximum Gasteiger partial charge on any atom is 0.416 e. The van der Waals surface area contributed by atoms with Crippen molar-refractivity contribution in [1.82, 2.24) is 9.97 Å². The molecule has 0 saturated carbocycles. The SMILES string of the molecule is Cc1ccc(C(=O)Cc2cccc(C(F)(F)F)c2)cc1Oc1ccnc2[nH]ccc12. The lowest BCUT2D eigenvalue weighted by Crippen LogP contribution is -2.08. The van der Waals surface area contributed by atoms with Crippen molar-refractivity contribution in [2.75, 3.05) is 0 Å². The average Bonchev–Trinajstić information content (AvgIpc) is 3.19. The molecule has 0 fully saturated rings. The van der Waals surface area contributed by atoms with Crippen molar-refractivity contribution >= 4 is 16.8 Å². The first-order valence-electron chi connectivity index (χ1n) is 9.21. The molecule has 0 saturated heterocycles. The Morgan fingerprint density at radius 1 is 1.07 bits per heavy atom. The zero-order chi connectivity index (χ0) is 21.3. The maximum atomic E-state index is 12.9. The number of nitrogens with zero attached hydrogens (tertiary/aromatic N) is 1. The number of Topliss-reactive ketones (excluding diaryl/α,β-unsaturated/α-hetero) is 1. The topological polar surface area (TPSA) is 55.0 Å². The number of halogens is 3. The van der Waals surface area contributed by atoms with E-state index < -0.39 is 11.7 Å². The van der Waals surface area contributed by atoms with Gasteiger partial charge in [0.05, 0.1) is 10.9 Å². The van der Waals surface area contributed by atoms with Gasteiger partial charge < -0.3 is 9.72 Å². The standard InChI is InChI=1S/C23H17F3N2O2/c1-14-5-6-16(19(29)12-15-3-2-4-17(11-15)23(24,25)26)13-21(14)30-20-8-10-28-22-18(20)7-9-27-22/h2-11,13H,12H2,1H3,(H,27,28). The minimum absolute atomic E-state index is 0.135. The van der Waals surface area contributed by atoms with Crippen LogP contribution in [0.3, 0.4) is 0 Å². The number of pyridine rings is 1. The number of nitrogens with one attached hydrogen (secondary N) is 1. The first-order chi connectivity index (χ1) is 14.3. The largest absolute Gasteiger partial charge is 0.456 e. The number of hydrogen-bond donors (Lipinski definition) is 1. The Bertz CT molecular complexity index is 1230. The molecule has 0 atom stereocenters. The molecule has 0 bridgehead atoms. The van der Waals surface area contributed by atoms with Crippen molar-refractivity contribution in [3.63, 3.8) is 0 Å². The molecule has 30 heavy (non-hydrogen) atoms. The number of aromatic nitrogens is 2. The Morgan fingerprint density at radius 3 is 2.70 bits per heavy atom. The third kappa shape index (κ3) is 4.05. The molecule has 0 spiro atoms. The minimum atomic E-state index is -4.45. The van der Waals surface area contributed by atoms with Gasteiger partial charge in [-0.25, -0.2) is 4.98 Å². The Labute approximate surface area is 170 Å². The summed E-state index contributed by atoms with van der Waals surface area (Å²) in [4.78, 5) is 19.9. The van der Waals surface area contributed by atoms with Crippen LogP contribution in [0.2, 0.25) is 0 Å². The van der Waals surface area contributed by atoms with Gasteiger partial charge in [0, 0.05) is 24.4 Å². The van der Waals surface area contributed by atoms with Crippen molar-refractivity contribution < 1.29 is 22.7 Å². The molecule has 4 rings (SSSR count). The van der Waals surface area contributed by atoms with E-state index in [0.717, 1.165) is 23.1 Å². The van der Waals surface area contributed by atoms with E-state index in [2.05, 4.69) is 9.97 Å². The van der Waals surface area contributed by atoms with E-state index in [1.54, 1.807) is 36.7 Å². The van der Waals surface area contributed by atoms with Crippen molar-refractivity contribution in [2.45, 2.75) is 19.5 Å². The summed E-state index contributed by atoms with van der Waals surface area (Å²) in [5.41, 5.74) is 1.41. The second-order valence-corrected chi connectivity index (χ2v) is 6.93. The molecule has 0 aliphatic carbocycles. The summed E-state index contributed by atoms with van der Waals surface area (Å²) in [6.45, 7) is 1.85. The van der Waals surface area contributed by atoms with Gasteiger partial charge in [0.25, 0.3) is 0 Å². The molecule has 7 heteroatoms. The average molecular weight is 410 g/mol. The summed E-state index contributed by atoms with van der Waals surface area (Å²) < 4.78 is 44.8. The summed E-state index contributed by atoms with van der Waals surface area (Å²) in [5.74, 6) is 0.797. The molecule has 0 radical (unpaired) electrons. The van der Waals surface area contributed by atoms with Crippen LogP contribution in [0.15, 0.2) is 67.0 Å². The van der Waals surface area contributed by atoms with E-state index in [-0.39, 0.29) is 12.2 Å². The highest BCUT2D eigenvalue weighted by atomic mass is 19.4. The predicted molar refractivity (Wildman–Crippen MR) is 107 cm³/mol. The number of H-pyrrole nitrogens is 1. The van der Waals surface area contributed by atoms with Gasteiger partial charge in [0.1, 0.15) is 17.1 Å². The van der Waals surface area contributed by atoms with E-state index in [1.807, 2.05) is 13.0 Å². The van der Waals surface area contributed by atoms with Crippen molar-refractivity contribution in [3.05, 3.63) is 89.2 Å². The van der Waals surface area contributed by atoms with Gasteiger partial charge in [-0.3, -0.25) is 4.79 Å². The quantitative estimate of drug-likeness (QED) is 0.404. The molecule has 0 amide bonds. The molecule has 2 aromatic heterocycles. The Hall–Kier alpha value is -3.61. The van der Waals surface area contributed by atoms with Gasteiger partial charge in [-0.1, -0.05) is 30.3 Å². The van der Waals surface area contributed by atoms with E-state index in [9.17, 15) is 18.0 Å². The number of aromatic amines is 1. The fourth-order valence-corrected chi connectivity index (χ4v) is 3.17. The van der Waals surface area contributed by atoms with Crippen LogP contribution in [0.1, 0.15) is 27.0 Å². The summed E-state index contributed by atoms with van der Waals surface area (Å²) in [5, 5.41) is 0.803. The number of hydrogen-bond acceptors (Lipinski definition) is 3. The number of ether oxygens (including phenoxy) is 1. The van der Waals surface area contributed by atoms with Gasteiger partial charge in [-0.15, -0.1) is 0 Å². The molecule has 2 heterocycles. The lowest BCUT2D eigenvalue weighted by Gasteiger charge is -2.12. The van der Waals surface area contributed by atoms with Crippen LogP contribution in [0.4, 0.5) is 13.2 Å². The van der Waals surface area contributed by atoms with Gasteiger partial charge in [-0.05, 0) is 42.3 Å². The summed E-state index contributed by atoms with van der Waals surface area (Å²) in [7, 11) is 0. The number of carbonyl (C=O) groups is 1. The van der Waals surface area contributed by atoms with E-state index in [0.29, 0.717) is 28.3 Å². The third-order valence-electron chi connectivity index (χ3n) is 4.77. The normalized spacial score (nSPS) is 11.6. The number of carbonyl (C=O) groups excluding carboxylic acids is 1. The van der Waals surface area contributed by atoms with Crippen molar-refractivity contribution in [2.24, 2.45) is 0 Å². The summed E-state index contributed by atoms with van der Waals surface area (Å²) in [6, 6.07) is 13.4. The maximum absolute atomic E-state index is 12.9. The van der Waals surface area contributed by atoms with Gasteiger partial charge in [-0.2, -0.15) is 13.2 Å². The van der Waals surface area contributed by atoms with Crippen LogP contribution < -0.4 is 4.74 Å². The molecular formula is C23H17F3N2O2. The van der Waals surface area contributed by atoms with Crippen LogP contribution in [0.5, 0.6) is 11.5 Å². The fraction of sp³-hybridized carbons (Fsp3) is 0.130. The third-order valence-corrected chi connectivity index (χ3v) is 4.77. The van der Waals surface area contributed by atoms with E-state index in [4.69, 9.17) is 4.74 Å². The molecular weight excluding hydrogens is 393 g/mol. The van der Waals surface area contributed by atoms with Crippen LogP contribution in [-0.4, -0.2) is 15.8 Å². The van der Waals surface area contributed by atoms with Crippen molar-refractivity contribution in [3.8, 4) is 11.5 Å². The van der Waals surface area contributed by atoms with Crippen LogP contribution >= 0.6 is 0 Å². The highest BCUT2D eigenvalue weighted by Gasteiger charge is 2.30. The number of rotatable bonds is 5. The van der Waals surface area contributed by atoms with E-state index in [1.165, 1.54) is 12.1 Å². The Balaban J connectivity index is 1.59. The molecule has 0 aliphatic rings. The molecule has 2 aromatic carbocycles. The molecule has 4 aromatic rings. The smallest absolute Gasteiger partial charge is 0.416 e. The molecule has 1 N–H and O–H groups in total. The molecule has 4 nitrogen and oxygen atoms in total. The second kappa shape index (κ2) is 7.67. The Kier molecular flexibility index (Phi) is 5.03. The lowest BCUT2D eigenvalue weighted by atomic mass is 10.00. The first-order valence-corrected chi connectivity index (χ1v) is 9.21. The predicted octanol–water partition coefficient (Wildman–Crippen LogP) is 6.11. The Morgan fingerprint density at radius 2 is 1.90 bits per heavy atom. The van der Waals surface area contributed by atoms with Crippen LogP contribution in [-0.2, 0) is 12.6 Å². The zero-order valence-corrected chi connectivity index (χ0v) is 16.0. The van der Waals surface area contributed by atoms with E-state index >= 15 is 0 Å². The summed E-state index contributed by atoms with van der Waals surface area (Å²) >= 11 is 0. The monoisotopic (exact) mass is 410 g/mol. The fourth-order valence-electron chi connectivity index (χ4n) is 3.17. The molecule has 152 valence electrons. The van der Waals surface area contributed by atoms with Crippen LogP contribution in [0, 0.1) is 6.92 Å². The van der Waals surface area contributed by atoms with Gasteiger partial charge in [0.15, 0.2) is 5.78 Å². The highest BCUT2D eigenvalue weighted by molar-refractivity contribution is 5.98. The highest BCUT2D eigenvalue weighted by Crippen LogP contribution is 2.32. The van der Waals surface area contributed by atoms with Gasteiger partial charge in [0.2, 0.25) is 0 Å². The number of alkyl halides is 3. The lowest BCUT2D eigenvalue weighted by molar-refractivity contribution is -0.137. The summed E-state index contributed by atoms with van der Waals surface area (Å²) in [6.07, 6.45) is -1.21. The number of aryl methyl sites for hydroxylation is 1. The molecule has 0 aliphatic heterocycles. The van der Waals surface area contributed by atoms with Gasteiger partial charge >= 0.3 is 6.18 Å². The minimum Gasteiger partial charge on any atom is -0.456 e. The zero-order valence-electron chi connectivity index (χ0n) is 16.0.